The topological polar surface area (TPSA) is 85.1 Å². The average Bonchev–Trinajstić information content (AvgIpc) is 3.39. The summed E-state index contributed by atoms with van der Waals surface area (Å²) in [6.07, 6.45) is -2.22. The number of rotatable bonds is 5. The van der Waals surface area contributed by atoms with Gasteiger partial charge in [0.15, 0.2) is 11.5 Å². The van der Waals surface area contributed by atoms with Crippen LogP contribution < -0.4 is 5.32 Å². The van der Waals surface area contributed by atoms with Crippen molar-refractivity contribution in [2.45, 2.75) is 37.3 Å². The molecule has 4 heterocycles. The molecule has 1 amide bonds. The number of nitrogens with one attached hydrogen (secondary N) is 1. The van der Waals surface area contributed by atoms with Crippen molar-refractivity contribution in [3.8, 4) is 11.5 Å². The molecule has 0 aliphatic carbocycles. The van der Waals surface area contributed by atoms with Gasteiger partial charge < -0.3 is 9.72 Å². The number of anilines is 1. The zero-order valence-corrected chi connectivity index (χ0v) is 18.4. The number of halogens is 6. The van der Waals surface area contributed by atoms with E-state index in [2.05, 4.69) is 25.3 Å². The minimum absolute atomic E-state index is 0.0110. The van der Waals surface area contributed by atoms with Crippen LogP contribution in [0.2, 0.25) is 0 Å². The third-order valence-electron chi connectivity index (χ3n) is 6.20. The fraction of sp³-hybridized carbons (Fsp3) is 0.261. The standard InChI is InChI=1S/C23H16F6N6O/c1-21(12-2-4-13(24)5-3-12)14-10-31-18(33-17(14)34-20(21)36)16-11-35-9-8-30-19(35)15(32-16)6-7-22(25,26)23(27,28)29/h2-5,8-11H,6-7H2,1H3,(H,31,33,34,36). The molecule has 36 heavy (non-hydrogen) atoms. The SMILES string of the molecule is CC1(c2ccc(F)cc2)C(=O)Nc2nc(-c3cn4ccnc4c(CCC(F)(F)C(F)(F)F)n3)ncc21. The molecule has 0 saturated carbocycles. The molecule has 1 atom stereocenters. The lowest BCUT2D eigenvalue weighted by Crippen LogP contribution is -2.36. The number of aromatic nitrogens is 5. The Hall–Kier alpha value is -4.03. The summed E-state index contributed by atoms with van der Waals surface area (Å²) in [4.78, 5) is 29.7. The highest BCUT2D eigenvalue weighted by Crippen LogP contribution is 2.42. The summed E-state index contributed by atoms with van der Waals surface area (Å²) in [6, 6.07) is 5.43. The number of nitrogens with zero attached hydrogens (tertiary/aromatic N) is 5. The second-order valence-corrected chi connectivity index (χ2v) is 8.48. The van der Waals surface area contributed by atoms with Crippen LogP contribution in [0.4, 0.5) is 32.2 Å². The van der Waals surface area contributed by atoms with Gasteiger partial charge in [0, 0.05) is 36.8 Å². The highest BCUT2D eigenvalue weighted by molar-refractivity contribution is 6.07. The lowest BCUT2D eigenvalue weighted by molar-refractivity contribution is -0.284. The molecule has 0 spiro atoms. The first-order valence-electron chi connectivity index (χ1n) is 10.6. The number of hydrogen-bond acceptors (Lipinski definition) is 5. The van der Waals surface area contributed by atoms with E-state index in [1.165, 1.54) is 53.5 Å². The molecular formula is C23H16F6N6O. The summed E-state index contributed by atoms with van der Waals surface area (Å²) >= 11 is 0. The molecule has 7 nitrogen and oxygen atoms in total. The highest BCUT2D eigenvalue weighted by Gasteiger charge is 2.56. The number of amides is 1. The second-order valence-electron chi connectivity index (χ2n) is 8.48. The lowest BCUT2D eigenvalue weighted by Gasteiger charge is -2.22. The molecule has 3 aromatic heterocycles. The van der Waals surface area contributed by atoms with E-state index in [4.69, 9.17) is 0 Å². The highest BCUT2D eigenvalue weighted by atomic mass is 19.4. The van der Waals surface area contributed by atoms with E-state index in [-0.39, 0.29) is 28.7 Å². The molecule has 1 aliphatic heterocycles. The zero-order valence-electron chi connectivity index (χ0n) is 18.4. The van der Waals surface area contributed by atoms with Crippen LogP contribution in [-0.4, -0.2) is 42.3 Å². The first kappa shape index (κ1) is 23.7. The molecule has 1 N–H and O–H groups in total. The molecule has 0 bridgehead atoms. The smallest absolute Gasteiger partial charge is 0.309 e. The van der Waals surface area contributed by atoms with Gasteiger partial charge >= 0.3 is 12.1 Å². The quantitative estimate of drug-likeness (QED) is 0.397. The maximum atomic E-state index is 13.5. The van der Waals surface area contributed by atoms with E-state index in [0.29, 0.717) is 11.1 Å². The molecule has 1 aliphatic rings. The van der Waals surface area contributed by atoms with Crippen molar-refractivity contribution >= 4 is 17.4 Å². The first-order valence-corrected chi connectivity index (χ1v) is 10.6. The van der Waals surface area contributed by atoms with E-state index in [0.717, 1.165) is 0 Å². The molecule has 4 aromatic rings. The molecule has 1 unspecified atom stereocenters. The van der Waals surface area contributed by atoms with E-state index in [9.17, 15) is 31.1 Å². The monoisotopic (exact) mass is 506 g/mol. The van der Waals surface area contributed by atoms with Crippen LogP contribution in [0.15, 0.2) is 49.1 Å². The molecule has 186 valence electrons. The average molecular weight is 506 g/mol. The van der Waals surface area contributed by atoms with Crippen molar-refractivity contribution in [3.63, 3.8) is 0 Å². The number of imidazole rings is 1. The van der Waals surface area contributed by atoms with E-state index >= 15 is 0 Å². The Labute approximate surface area is 199 Å². The van der Waals surface area contributed by atoms with Crippen molar-refractivity contribution in [3.05, 3.63) is 71.7 Å². The number of benzene rings is 1. The Morgan fingerprint density at radius 2 is 1.78 bits per heavy atom. The third-order valence-corrected chi connectivity index (χ3v) is 6.20. The van der Waals surface area contributed by atoms with Gasteiger partial charge in [0.05, 0.1) is 5.69 Å². The predicted molar refractivity (Wildman–Crippen MR) is 115 cm³/mol. The third kappa shape index (κ3) is 3.74. The number of fused-ring (bicyclic) bond motifs is 2. The van der Waals surface area contributed by atoms with Gasteiger partial charge in [-0.15, -0.1) is 0 Å². The van der Waals surface area contributed by atoms with Gasteiger partial charge in [-0.2, -0.15) is 22.0 Å². The number of hydrogen-bond donors (Lipinski definition) is 1. The van der Waals surface area contributed by atoms with Crippen LogP contribution in [0, 0.1) is 5.82 Å². The minimum atomic E-state index is -5.69. The largest absolute Gasteiger partial charge is 0.453 e. The maximum absolute atomic E-state index is 13.5. The number of carbonyl (C=O) groups excluding carboxylic acids is 1. The van der Waals surface area contributed by atoms with Gasteiger partial charge in [0.2, 0.25) is 5.91 Å². The molecule has 5 rings (SSSR count). The van der Waals surface area contributed by atoms with Gasteiger partial charge in [0.1, 0.15) is 22.7 Å². The van der Waals surface area contributed by atoms with Crippen LogP contribution in [0.1, 0.15) is 30.2 Å². The summed E-state index contributed by atoms with van der Waals surface area (Å²) in [5.41, 5.74) is -0.143. The van der Waals surface area contributed by atoms with E-state index < -0.39 is 42.1 Å². The van der Waals surface area contributed by atoms with Crippen LogP contribution in [-0.2, 0) is 16.6 Å². The van der Waals surface area contributed by atoms with Crippen LogP contribution in [0.25, 0.3) is 17.2 Å². The molecule has 0 radical (unpaired) electrons. The van der Waals surface area contributed by atoms with Crippen LogP contribution in [0.3, 0.4) is 0 Å². The van der Waals surface area contributed by atoms with Gasteiger partial charge in [-0.25, -0.2) is 24.3 Å². The van der Waals surface area contributed by atoms with Crippen LogP contribution in [0.5, 0.6) is 0 Å². The summed E-state index contributed by atoms with van der Waals surface area (Å²) in [6.45, 7) is 1.64. The number of carbonyl (C=O) groups is 1. The Bertz CT molecular complexity index is 1480. The zero-order chi connectivity index (χ0) is 25.9. The second kappa shape index (κ2) is 8.00. The van der Waals surface area contributed by atoms with Crippen molar-refractivity contribution in [2.24, 2.45) is 0 Å². The van der Waals surface area contributed by atoms with E-state index in [1.807, 2.05) is 0 Å². The lowest BCUT2D eigenvalue weighted by atomic mass is 9.78. The number of aryl methyl sites for hydroxylation is 1. The van der Waals surface area contributed by atoms with Crippen molar-refractivity contribution in [2.75, 3.05) is 5.32 Å². The summed E-state index contributed by atoms with van der Waals surface area (Å²) in [7, 11) is 0. The fourth-order valence-electron chi connectivity index (χ4n) is 4.08. The predicted octanol–water partition coefficient (Wildman–Crippen LogP) is 4.71. The fourth-order valence-corrected chi connectivity index (χ4v) is 4.08. The van der Waals surface area contributed by atoms with Crippen molar-refractivity contribution in [1.82, 2.24) is 24.3 Å². The Balaban J connectivity index is 1.52. The minimum Gasteiger partial charge on any atom is -0.309 e. The summed E-state index contributed by atoms with van der Waals surface area (Å²) < 4.78 is 79.8. The normalized spacial score (nSPS) is 17.9. The van der Waals surface area contributed by atoms with Crippen molar-refractivity contribution < 1.29 is 31.1 Å². The Morgan fingerprint density at radius 1 is 1.06 bits per heavy atom. The van der Waals surface area contributed by atoms with E-state index in [1.54, 1.807) is 6.92 Å². The molecule has 13 heteroatoms. The van der Waals surface area contributed by atoms with Gasteiger partial charge in [-0.1, -0.05) is 12.1 Å². The molecule has 1 aromatic carbocycles. The number of alkyl halides is 5. The first-order chi connectivity index (χ1) is 16.9. The van der Waals surface area contributed by atoms with Crippen molar-refractivity contribution in [1.29, 1.82) is 0 Å². The molecule has 0 saturated heterocycles. The Kier molecular flexibility index (Phi) is 5.27. The molecular weight excluding hydrogens is 490 g/mol. The van der Waals surface area contributed by atoms with Gasteiger partial charge in [-0.05, 0) is 31.0 Å². The summed E-state index contributed by atoms with van der Waals surface area (Å²) in [5, 5.41) is 2.66. The maximum Gasteiger partial charge on any atom is 0.453 e. The van der Waals surface area contributed by atoms with Gasteiger partial charge in [-0.3, -0.25) is 4.79 Å². The van der Waals surface area contributed by atoms with Crippen LogP contribution >= 0.6 is 0 Å². The van der Waals surface area contributed by atoms with Gasteiger partial charge in [0.25, 0.3) is 0 Å². The Morgan fingerprint density at radius 3 is 2.47 bits per heavy atom. The summed E-state index contributed by atoms with van der Waals surface area (Å²) in [5.74, 6) is -5.58. The molecule has 0 fully saturated rings.